The van der Waals surface area contributed by atoms with Crippen LogP contribution in [-0.2, 0) is 0 Å². The van der Waals surface area contributed by atoms with E-state index in [0.29, 0.717) is 0 Å². The van der Waals surface area contributed by atoms with Crippen molar-refractivity contribution in [3.63, 3.8) is 0 Å². The molecule has 4 rings (SSSR count). The topological polar surface area (TPSA) is 17.1 Å². The molecule has 0 unspecified atom stereocenters. The summed E-state index contributed by atoms with van der Waals surface area (Å²) in [6.07, 6.45) is 0. The number of ketones is 1. The predicted octanol–water partition coefficient (Wildman–Crippen LogP) is 5.12. The maximum Gasteiger partial charge on any atom is 0.199 e. The molecular weight excluding hydrogens is 379 g/mol. The van der Waals surface area contributed by atoms with E-state index in [0.717, 1.165) is 10.2 Å². The smallest absolute Gasteiger partial charge is 0.199 e. The minimum atomic E-state index is -2.27. The lowest BCUT2D eigenvalue weighted by molar-refractivity contribution is 0.107. The first kappa shape index (κ1) is 18.7. The molecule has 0 saturated heterocycles. The molecule has 4 aromatic rings. The Morgan fingerprint density at radius 2 is 1.07 bits per heavy atom. The third-order valence-electron chi connectivity index (χ3n) is 5.01. The number of benzene rings is 3. The third-order valence-corrected chi connectivity index (χ3v) is 10.3. The van der Waals surface area contributed by atoms with Crippen molar-refractivity contribution in [2.24, 2.45) is 0 Å². The van der Waals surface area contributed by atoms with E-state index in [9.17, 15) is 4.79 Å². The van der Waals surface area contributed by atoms with Crippen LogP contribution in [0.1, 0.15) is 16.6 Å². The van der Waals surface area contributed by atoms with Gasteiger partial charge >= 0.3 is 0 Å². The van der Waals surface area contributed by atoms with Crippen molar-refractivity contribution in [2.45, 2.75) is 6.92 Å². The van der Waals surface area contributed by atoms with Gasteiger partial charge in [-0.05, 0) is 41.2 Å². The molecule has 0 aliphatic heterocycles. The molecule has 0 saturated carbocycles. The van der Waals surface area contributed by atoms with Crippen molar-refractivity contribution >= 4 is 45.2 Å². The van der Waals surface area contributed by atoms with Crippen LogP contribution in [0.5, 0.6) is 0 Å². The Morgan fingerprint density at radius 3 is 1.43 bits per heavy atom. The van der Waals surface area contributed by atoms with Crippen LogP contribution in [0.2, 0.25) is 0 Å². The average molecular weight is 400 g/mol. The summed E-state index contributed by atoms with van der Waals surface area (Å²) in [4.78, 5) is 14.4. The molecule has 3 aromatic carbocycles. The predicted molar refractivity (Wildman–Crippen MR) is 124 cm³/mol. The van der Waals surface area contributed by atoms with Crippen molar-refractivity contribution in [1.29, 1.82) is 0 Å². The molecule has 0 atom stereocenters. The lowest BCUT2D eigenvalue weighted by Gasteiger charge is -2.31. The van der Waals surface area contributed by atoms with Crippen LogP contribution in [-0.4, -0.2) is 11.1 Å². The van der Waals surface area contributed by atoms with Gasteiger partial charge in [-0.25, -0.2) is 0 Å². The summed E-state index contributed by atoms with van der Waals surface area (Å²) < 4.78 is 0. The molecule has 0 aliphatic rings. The van der Waals surface area contributed by atoms with E-state index < -0.39 is 6.89 Å². The second-order valence-electron chi connectivity index (χ2n) is 6.57. The summed E-state index contributed by atoms with van der Waals surface area (Å²) in [5.74, 6) is 0.139. The van der Waals surface area contributed by atoms with Crippen molar-refractivity contribution in [1.82, 2.24) is 0 Å². The molecule has 138 valence electrons. The number of carbonyl (C=O) groups is 1. The molecule has 1 nitrogen and oxygen atoms in total. The standard InChI is InChI=1S/C25H21OPS/c1-20(25(26)24-18-11-19-28-24)27(21-12-5-2-6-13-21,22-14-7-3-8-15-22)23-16-9-4-10-17-23/h2-19H,1H3. The first-order valence-corrected chi connectivity index (χ1v) is 11.9. The van der Waals surface area contributed by atoms with Gasteiger partial charge < -0.3 is 0 Å². The maximum atomic E-state index is 13.6. The van der Waals surface area contributed by atoms with E-state index in [1.165, 1.54) is 27.3 Å². The molecule has 1 heterocycles. The molecule has 3 heteroatoms. The van der Waals surface area contributed by atoms with E-state index >= 15 is 0 Å². The summed E-state index contributed by atoms with van der Waals surface area (Å²) >= 11 is 1.51. The van der Waals surface area contributed by atoms with E-state index in [4.69, 9.17) is 0 Å². The Kier molecular flexibility index (Phi) is 5.43. The molecule has 0 radical (unpaired) electrons. The van der Waals surface area contributed by atoms with Crippen LogP contribution in [0.4, 0.5) is 0 Å². The number of hydrogen-bond acceptors (Lipinski definition) is 2. The van der Waals surface area contributed by atoms with E-state index in [-0.39, 0.29) is 5.78 Å². The average Bonchev–Trinajstić information content (AvgIpc) is 3.31. The van der Waals surface area contributed by atoms with Crippen molar-refractivity contribution in [3.8, 4) is 0 Å². The molecular formula is C25H21OPS. The highest BCUT2D eigenvalue weighted by molar-refractivity contribution is 7.96. The van der Waals surface area contributed by atoms with E-state index in [2.05, 4.69) is 72.8 Å². The van der Waals surface area contributed by atoms with Gasteiger partial charge in [0.15, 0.2) is 5.78 Å². The molecule has 0 N–H and O–H groups in total. The van der Waals surface area contributed by atoms with Gasteiger partial charge in [-0.2, -0.15) is 0 Å². The van der Waals surface area contributed by atoms with Crippen molar-refractivity contribution < 1.29 is 4.79 Å². The van der Waals surface area contributed by atoms with Crippen LogP contribution in [0.3, 0.4) is 0 Å². The van der Waals surface area contributed by atoms with Crippen LogP contribution in [0, 0.1) is 0 Å². The second-order valence-corrected chi connectivity index (χ2v) is 11.1. The van der Waals surface area contributed by atoms with Gasteiger partial charge in [0.05, 0.1) is 4.88 Å². The second kappa shape index (κ2) is 8.14. The molecule has 0 amide bonds. The largest absolute Gasteiger partial charge is 0.288 e. The number of Topliss-reactive ketones (excluding diaryl/α,β-unsaturated/α-hetero) is 1. The van der Waals surface area contributed by atoms with Crippen LogP contribution >= 0.6 is 18.2 Å². The van der Waals surface area contributed by atoms with Gasteiger partial charge in [-0.1, -0.05) is 97.1 Å². The van der Waals surface area contributed by atoms with Gasteiger partial charge in [0.2, 0.25) is 0 Å². The van der Waals surface area contributed by atoms with Gasteiger partial charge in [0, 0.05) is 5.29 Å². The fourth-order valence-electron chi connectivity index (χ4n) is 3.72. The highest BCUT2D eigenvalue weighted by atomic mass is 32.1. The first-order valence-electron chi connectivity index (χ1n) is 9.23. The summed E-state index contributed by atoms with van der Waals surface area (Å²) in [6, 6.07) is 35.4. The molecule has 0 spiro atoms. The number of hydrogen-bond donors (Lipinski definition) is 0. The van der Waals surface area contributed by atoms with Gasteiger partial charge in [0.1, 0.15) is 0 Å². The lowest BCUT2D eigenvalue weighted by atomic mass is 10.2. The van der Waals surface area contributed by atoms with Crippen molar-refractivity contribution in [3.05, 3.63) is 113 Å². The monoisotopic (exact) mass is 400 g/mol. The Hall–Kier alpha value is -2.67. The molecule has 28 heavy (non-hydrogen) atoms. The van der Waals surface area contributed by atoms with Crippen molar-refractivity contribution in [2.75, 3.05) is 0 Å². The lowest BCUT2D eigenvalue weighted by Crippen LogP contribution is -2.32. The zero-order valence-corrected chi connectivity index (χ0v) is 17.4. The number of rotatable bonds is 5. The zero-order valence-electron chi connectivity index (χ0n) is 15.7. The first-order chi connectivity index (χ1) is 13.7. The molecule has 0 bridgehead atoms. The number of thiophene rings is 1. The minimum Gasteiger partial charge on any atom is -0.288 e. The summed E-state index contributed by atoms with van der Waals surface area (Å²) in [7, 11) is 0. The summed E-state index contributed by atoms with van der Waals surface area (Å²) in [5, 5.41) is 6.49. The molecule has 1 aromatic heterocycles. The fourth-order valence-corrected chi connectivity index (χ4v) is 8.86. The van der Waals surface area contributed by atoms with Crippen LogP contribution < -0.4 is 15.9 Å². The van der Waals surface area contributed by atoms with Gasteiger partial charge in [0.25, 0.3) is 0 Å². The SMILES string of the molecule is CC(C(=O)c1cccs1)=P(c1ccccc1)(c1ccccc1)c1ccccc1. The Bertz CT molecular complexity index is 1010. The third kappa shape index (κ3) is 3.20. The molecule has 0 fully saturated rings. The Labute approximate surface area is 170 Å². The van der Waals surface area contributed by atoms with E-state index in [1.54, 1.807) is 0 Å². The Balaban J connectivity index is 2.17. The van der Waals surface area contributed by atoms with Crippen LogP contribution in [0.15, 0.2) is 109 Å². The zero-order chi connectivity index (χ0) is 19.4. The van der Waals surface area contributed by atoms with E-state index in [1.807, 2.05) is 42.6 Å². The quantitative estimate of drug-likeness (QED) is 0.336. The summed E-state index contributed by atoms with van der Waals surface area (Å²) in [5.41, 5.74) is 0. The number of carbonyl (C=O) groups excluding carboxylic acids is 1. The summed E-state index contributed by atoms with van der Waals surface area (Å²) in [6.45, 7) is -0.237. The molecule has 0 aliphatic carbocycles. The van der Waals surface area contributed by atoms with Gasteiger partial charge in [-0.3, -0.25) is 4.79 Å². The minimum absolute atomic E-state index is 0.139. The normalized spacial score (nSPS) is 11.2. The fraction of sp³-hybridized carbons (Fsp3) is 0.0400. The highest BCUT2D eigenvalue weighted by Crippen LogP contribution is 2.46. The Morgan fingerprint density at radius 1 is 0.643 bits per heavy atom. The maximum absolute atomic E-state index is 13.6. The highest BCUT2D eigenvalue weighted by Gasteiger charge is 2.31. The van der Waals surface area contributed by atoms with Gasteiger partial charge in [-0.15, -0.1) is 11.3 Å². The van der Waals surface area contributed by atoms with Crippen LogP contribution in [0.25, 0.3) is 0 Å².